The van der Waals surface area contributed by atoms with Crippen molar-refractivity contribution < 1.29 is 4.42 Å². The molecular weight excluding hydrogens is 689 g/mol. The summed E-state index contributed by atoms with van der Waals surface area (Å²) in [4.78, 5) is 0. The van der Waals surface area contributed by atoms with Crippen molar-refractivity contribution in [3.8, 4) is 44.5 Å². The summed E-state index contributed by atoms with van der Waals surface area (Å²) in [5.41, 5.74) is 13.3. The summed E-state index contributed by atoms with van der Waals surface area (Å²) in [6.45, 7) is 2.29. The molecule has 9 aromatic rings. The van der Waals surface area contributed by atoms with Gasteiger partial charge in [-0.3, -0.25) is 0 Å². The van der Waals surface area contributed by atoms with Crippen molar-refractivity contribution in [1.82, 2.24) is 0 Å². The van der Waals surface area contributed by atoms with E-state index < -0.39 is 0 Å². The fourth-order valence-electron chi connectivity index (χ4n) is 9.00. The van der Waals surface area contributed by atoms with Gasteiger partial charge in [-0.15, -0.1) is 0 Å². The second-order valence-corrected chi connectivity index (χ2v) is 15.9. The van der Waals surface area contributed by atoms with Gasteiger partial charge >= 0.3 is 0 Å². The molecule has 0 aliphatic carbocycles. The lowest BCUT2D eigenvalue weighted by Gasteiger charge is -2.18. The van der Waals surface area contributed by atoms with E-state index in [2.05, 4.69) is 159 Å². The first-order valence-corrected chi connectivity index (χ1v) is 21.4. The van der Waals surface area contributed by atoms with Gasteiger partial charge in [0.25, 0.3) is 0 Å². The first-order chi connectivity index (χ1) is 28.2. The average Bonchev–Trinajstić information content (AvgIpc) is 3.65. The maximum Gasteiger partial charge on any atom is 0.135 e. The molecule has 8 aromatic carbocycles. The molecule has 0 spiro atoms. The lowest BCUT2D eigenvalue weighted by molar-refractivity contribution is 0.556. The van der Waals surface area contributed by atoms with E-state index in [0.29, 0.717) is 0 Å². The minimum absolute atomic E-state index is 0.924. The predicted molar refractivity (Wildman–Crippen MR) is 246 cm³/mol. The first-order valence-electron chi connectivity index (χ1n) is 21.4. The molecule has 0 aliphatic heterocycles. The van der Waals surface area contributed by atoms with Gasteiger partial charge < -0.3 is 4.42 Å². The Hall–Kier alpha value is -5.92. The number of furan rings is 1. The summed E-state index contributed by atoms with van der Waals surface area (Å²) < 4.78 is 6.10. The van der Waals surface area contributed by atoms with Gasteiger partial charge in [0.1, 0.15) is 11.2 Å². The van der Waals surface area contributed by atoms with Crippen LogP contribution in [0.15, 0.2) is 168 Å². The minimum Gasteiger partial charge on any atom is -0.456 e. The third kappa shape index (κ3) is 7.77. The van der Waals surface area contributed by atoms with Crippen molar-refractivity contribution in [2.75, 3.05) is 0 Å². The normalized spacial score (nSPS) is 11.7. The summed E-state index contributed by atoms with van der Waals surface area (Å²) in [6, 6.07) is 60.3. The Bertz CT molecular complexity index is 2690. The first kappa shape index (κ1) is 36.7. The number of unbranched alkanes of at least 4 members (excludes halogenated alkanes) is 9. The van der Waals surface area contributed by atoms with E-state index in [1.807, 2.05) is 12.1 Å². The lowest BCUT2D eigenvalue weighted by Crippen LogP contribution is -1.91. The van der Waals surface area contributed by atoms with E-state index in [4.69, 9.17) is 4.42 Å². The van der Waals surface area contributed by atoms with Crippen LogP contribution in [0.4, 0.5) is 0 Å². The van der Waals surface area contributed by atoms with Crippen LogP contribution < -0.4 is 0 Å². The van der Waals surface area contributed by atoms with Crippen LogP contribution in [-0.2, 0) is 6.42 Å². The number of hydrogen-bond donors (Lipinski definition) is 0. The second-order valence-electron chi connectivity index (χ2n) is 15.9. The van der Waals surface area contributed by atoms with E-state index in [0.717, 1.165) is 21.9 Å². The fraction of sp³-hybridized carbons (Fsp3) is 0.214. The van der Waals surface area contributed by atoms with Crippen molar-refractivity contribution in [1.29, 1.82) is 0 Å². The van der Waals surface area contributed by atoms with Gasteiger partial charge in [-0.1, -0.05) is 210 Å². The van der Waals surface area contributed by atoms with Crippen LogP contribution in [0.2, 0.25) is 0 Å². The molecule has 282 valence electrons. The van der Waals surface area contributed by atoms with Crippen LogP contribution in [0.1, 0.15) is 76.7 Å². The second kappa shape index (κ2) is 17.1. The maximum atomic E-state index is 6.10. The number of aryl methyl sites for hydroxylation is 1. The molecule has 0 unspecified atom stereocenters. The SMILES string of the molecule is CCCCCCCCCCCCc1ccc(-c2ccc(-c3c4ccccc4c(-c4ccc(-c5ccc6oc7ccccc7c6c5)cc4)c4ccccc34)cc2)cc1. The van der Waals surface area contributed by atoms with Gasteiger partial charge in [0.05, 0.1) is 0 Å². The third-order valence-electron chi connectivity index (χ3n) is 12.1. The summed E-state index contributed by atoms with van der Waals surface area (Å²) in [7, 11) is 0. The molecule has 0 saturated carbocycles. The smallest absolute Gasteiger partial charge is 0.135 e. The van der Waals surface area contributed by atoms with E-state index in [1.54, 1.807) is 0 Å². The number of rotatable bonds is 15. The van der Waals surface area contributed by atoms with Crippen molar-refractivity contribution in [3.05, 3.63) is 169 Å². The van der Waals surface area contributed by atoms with Crippen LogP contribution in [0.25, 0.3) is 88.0 Å². The Kier molecular flexibility index (Phi) is 11.0. The summed E-state index contributed by atoms with van der Waals surface area (Å²) in [5.74, 6) is 0. The molecule has 0 aliphatic rings. The van der Waals surface area contributed by atoms with Gasteiger partial charge in [-0.2, -0.15) is 0 Å². The minimum atomic E-state index is 0.924. The van der Waals surface area contributed by atoms with E-state index in [9.17, 15) is 0 Å². The van der Waals surface area contributed by atoms with E-state index in [1.165, 1.54) is 142 Å². The average molecular weight is 741 g/mol. The Morgan fingerprint density at radius 2 is 0.702 bits per heavy atom. The highest BCUT2D eigenvalue weighted by Crippen LogP contribution is 2.44. The highest BCUT2D eigenvalue weighted by atomic mass is 16.3. The number of hydrogen-bond acceptors (Lipinski definition) is 1. The van der Waals surface area contributed by atoms with E-state index in [-0.39, 0.29) is 0 Å². The van der Waals surface area contributed by atoms with Crippen LogP contribution in [0.5, 0.6) is 0 Å². The highest BCUT2D eigenvalue weighted by Gasteiger charge is 2.17. The topological polar surface area (TPSA) is 13.1 Å². The van der Waals surface area contributed by atoms with Gasteiger partial charge in [0.15, 0.2) is 0 Å². The van der Waals surface area contributed by atoms with Crippen LogP contribution in [0.3, 0.4) is 0 Å². The number of para-hydroxylation sites is 1. The Morgan fingerprint density at radius 3 is 1.23 bits per heavy atom. The fourth-order valence-corrected chi connectivity index (χ4v) is 9.00. The third-order valence-corrected chi connectivity index (χ3v) is 12.1. The standard InChI is InChI=1S/C56H52O/c1-2-3-4-5-6-7-8-9-10-11-18-40-25-27-41(28-26-40)42-29-33-44(34-30-42)55-48-20-12-14-22-50(48)56(51-23-15-13-21-49(51)55)45-35-31-43(32-36-45)46-37-38-54-52(39-46)47-19-16-17-24-53(47)57-54/h12-17,19-39H,2-11,18H2,1H3. The number of benzene rings is 8. The molecule has 9 rings (SSSR count). The molecule has 0 atom stereocenters. The molecule has 0 amide bonds. The largest absolute Gasteiger partial charge is 0.456 e. The monoisotopic (exact) mass is 740 g/mol. The summed E-state index contributed by atoms with van der Waals surface area (Å²) >= 11 is 0. The molecule has 1 aromatic heterocycles. The van der Waals surface area contributed by atoms with Gasteiger partial charge in [0, 0.05) is 10.8 Å². The predicted octanol–water partition coefficient (Wildman–Crippen LogP) is 17.0. The van der Waals surface area contributed by atoms with Gasteiger partial charge in [-0.25, -0.2) is 0 Å². The van der Waals surface area contributed by atoms with Crippen molar-refractivity contribution in [2.24, 2.45) is 0 Å². The van der Waals surface area contributed by atoms with Crippen molar-refractivity contribution in [3.63, 3.8) is 0 Å². The molecular formula is C56H52O. The Morgan fingerprint density at radius 1 is 0.316 bits per heavy atom. The van der Waals surface area contributed by atoms with Gasteiger partial charge in [-0.05, 0) is 103 Å². The molecule has 0 saturated heterocycles. The number of fused-ring (bicyclic) bond motifs is 5. The van der Waals surface area contributed by atoms with Crippen molar-refractivity contribution >= 4 is 43.5 Å². The summed E-state index contributed by atoms with van der Waals surface area (Å²) in [5, 5.41) is 7.40. The quantitative estimate of drug-likeness (QED) is 0.0753. The highest BCUT2D eigenvalue weighted by molar-refractivity contribution is 6.21. The zero-order valence-electron chi connectivity index (χ0n) is 33.3. The lowest BCUT2D eigenvalue weighted by atomic mass is 9.85. The van der Waals surface area contributed by atoms with Crippen LogP contribution in [-0.4, -0.2) is 0 Å². The molecule has 0 bridgehead atoms. The van der Waals surface area contributed by atoms with Gasteiger partial charge in [0.2, 0.25) is 0 Å². The zero-order valence-corrected chi connectivity index (χ0v) is 33.3. The zero-order chi connectivity index (χ0) is 38.4. The van der Waals surface area contributed by atoms with Crippen LogP contribution >= 0.6 is 0 Å². The summed E-state index contributed by atoms with van der Waals surface area (Å²) in [6.07, 6.45) is 15.0. The van der Waals surface area contributed by atoms with Crippen molar-refractivity contribution in [2.45, 2.75) is 77.6 Å². The molecule has 0 N–H and O–H groups in total. The Balaban J connectivity index is 0.944. The Labute approximate surface area is 338 Å². The van der Waals surface area contributed by atoms with E-state index >= 15 is 0 Å². The molecule has 57 heavy (non-hydrogen) atoms. The molecule has 1 heterocycles. The molecule has 1 nitrogen and oxygen atoms in total. The molecule has 0 radical (unpaired) electrons. The molecule has 1 heteroatoms. The molecule has 0 fully saturated rings. The van der Waals surface area contributed by atoms with Crippen LogP contribution in [0, 0.1) is 0 Å². The maximum absolute atomic E-state index is 6.10.